The van der Waals surface area contributed by atoms with Gasteiger partial charge in [-0.1, -0.05) is 26.8 Å². The lowest BCUT2D eigenvalue weighted by atomic mass is 9.84. The van der Waals surface area contributed by atoms with E-state index in [9.17, 15) is 5.11 Å². The van der Waals surface area contributed by atoms with Crippen LogP contribution in [0.25, 0.3) is 0 Å². The predicted octanol–water partition coefficient (Wildman–Crippen LogP) is 2.62. The molecule has 0 saturated heterocycles. The van der Waals surface area contributed by atoms with Gasteiger partial charge in [-0.15, -0.1) is 0 Å². The Morgan fingerprint density at radius 2 is 1.88 bits per heavy atom. The van der Waals surface area contributed by atoms with Crippen LogP contribution in [0.15, 0.2) is 12.1 Å². The summed E-state index contributed by atoms with van der Waals surface area (Å²) in [5.74, 6) is 0.720. The van der Waals surface area contributed by atoms with Gasteiger partial charge in [-0.25, -0.2) is 0 Å². The third kappa shape index (κ3) is 3.37. The molecule has 0 heterocycles. The van der Waals surface area contributed by atoms with E-state index >= 15 is 0 Å². The molecule has 0 aliphatic rings. The van der Waals surface area contributed by atoms with Gasteiger partial charge >= 0.3 is 0 Å². The minimum absolute atomic E-state index is 0.132. The molecule has 0 saturated carbocycles. The summed E-state index contributed by atoms with van der Waals surface area (Å²) < 4.78 is 5.19. The summed E-state index contributed by atoms with van der Waals surface area (Å²) >= 11 is 0. The minimum atomic E-state index is -0.132. The number of methoxy groups -OCH3 is 1. The van der Waals surface area contributed by atoms with Crippen LogP contribution in [-0.2, 0) is 11.8 Å². The SMILES string of the molecule is COc1cc(CCCO)cc(C(C)(C)C)c1O. The van der Waals surface area contributed by atoms with Gasteiger partial charge < -0.3 is 14.9 Å². The number of benzene rings is 1. The third-order valence-corrected chi connectivity index (χ3v) is 2.79. The van der Waals surface area contributed by atoms with Gasteiger partial charge in [-0.2, -0.15) is 0 Å². The molecule has 0 aromatic heterocycles. The normalized spacial score (nSPS) is 11.6. The molecule has 3 nitrogen and oxygen atoms in total. The lowest BCUT2D eigenvalue weighted by Gasteiger charge is -2.22. The van der Waals surface area contributed by atoms with Crippen molar-refractivity contribution in [3.8, 4) is 11.5 Å². The number of aryl methyl sites for hydroxylation is 1. The molecule has 3 heteroatoms. The van der Waals surface area contributed by atoms with E-state index in [2.05, 4.69) is 20.8 Å². The zero-order valence-electron chi connectivity index (χ0n) is 11.1. The number of hydrogen-bond acceptors (Lipinski definition) is 3. The van der Waals surface area contributed by atoms with Crippen molar-refractivity contribution in [3.63, 3.8) is 0 Å². The quantitative estimate of drug-likeness (QED) is 0.847. The van der Waals surface area contributed by atoms with E-state index in [4.69, 9.17) is 9.84 Å². The zero-order chi connectivity index (χ0) is 13.1. The van der Waals surface area contributed by atoms with Gasteiger partial charge in [-0.3, -0.25) is 0 Å². The van der Waals surface area contributed by atoms with Crippen LogP contribution in [0.4, 0.5) is 0 Å². The second-order valence-corrected chi connectivity index (χ2v) is 5.27. The second-order valence-electron chi connectivity index (χ2n) is 5.27. The molecule has 0 amide bonds. The van der Waals surface area contributed by atoms with Gasteiger partial charge in [0.25, 0.3) is 0 Å². The summed E-state index contributed by atoms with van der Waals surface area (Å²) in [6.45, 7) is 6.33. The van der Waals surface area contributed by atoms with Crippen LogP contribution in [0.2, 0.25) is 0 Å². The number of aromatic hydroxyl groups is 1. The van der Waals surface area contributed by atoms with Crippen molar-refractivity contribution >= 4 is 0 Å². The van der Waals surface area contributed by atoms with E-state index in [1.165, 1.54) is 0 Å². The van der Waals surface area contributed by atoms with E-state index in [0.29, 0.717) is 5.75 Å². The largest absolute Gasteiger partial charge is 0.504 e. The first-order chi connectivity index (χ1) is 7.90. The predicted molar refractivity (Wildman–Crippen MR) is 68.8 cm³/mol. The van der Waals surface area contributed by atoms with E-state index < -0.39 is 0 Å². The standard InChI is InChI=1S/C14H22O3/c1-14(2,3)11-8-10(6-5-7-15)9-12(17-4)13(11)16/h8-9,15-16H,5-7H2,1-4H3. The monoisotopic (exact) mass is 238 g/mol. The topological polar surface area (TPSA) is 49.7 Å². The smallest absolute Gasteiger partial charge is 0.161 e. The zero-order valence-corrected chi connectivity index (χ0v) is 11.1. The van der Waals surface area contributed by atoms with E-state index in [-0.39, 0.29) is 17.8 Å². The summed E-state index contributed by atoms with van der Waals surface area (Å²) in [4.78, 5) is 0. The molecule has 0 radical (unpaired) electrons. The lowest BCUT2D eigenvalue weighted by Crippen LogP contribution is -2.12. The van der Waals surface area contributed by atoms with Crippen LogP contribution in [0.5, 0.6) is 11.5 Å². The summed E-state index contributed by atoms with van der Waals surface area (Å²) in [6.07, 6.45) is 1.51. The first kappa shape index (κ1) is 13.8. The van der Waals surface area contributed by atoms with Crippen molar-refractivity contribution in [2.75, 3.05) is 13.7 Å². The van der Waals surface area contributed by atoms with Crippen molar-refractivity contribution in [1.29, 1.82) is 0 Å². The fourth-order valence-corrected chi connectivity index (χ4v) is 1.82. The van der Waals surface area contributed by atoms with Crippen molar-refractivity contribution < 1.29 is 14.9 Å². The Morgan fingerprint density at radius 3 is 2.35 bits per heavy atom. The molecule has 0 spiro atoms. The maximum atomic E-state index is 10.1. The summed E-state index contributed by atoms with van der Waals surface area (Å²) in [7, 11) is 1.55. The van der Waals surface area contributed by atoms with Crippen molar-refractivity contribution in [1.82, 2.24) is 0 Å². The van der Waals surface area contributed by atoms with Gasteiger partial charge in [0, 0.05) is 12.2 Å². The first-order valence-electron chi connectivity index (χ1n) is 5.91. The molecule has 1 rings (SSSR count). The fraction of sp³-hybridized carbons (Fsp3) is 0.571. The van der Waals surface area contributed by atoms with Gasteiger partial charge in [0.15, 0.2) is 11.5 Å². The number of ether oxygens (including phenoxy) is 1. The maximum Gasteiger partial charge on any atom is 0.161 e. The number of phenolic OH excluding ortho intramolecular Hbond substituents is 1. The second kappa shape index (κ2) is 5.41. The number of rotatable bonds is 4. The molecule has 96 valence electrons. The molecule has 0 fully saturated rings. The number of aliphatic hydroxyl groups excluding tert-OH is 1. The minimum Gasteiger partial charge on any atom is -0.504 e. The van der Waals surface area contributed by atoms with Gasteiger partial charge in [0.2, 0.25) is 0 Å². The molecule has 0 aliphatic carbocycles. The fourth-order valence-electron chi connectivity index (χ4n) is 1.82. The van der Waals surface area contributed by atoms with Crippen molar-refractivity contribution in [3.05, 3.63) is 23.3 Å². The summed E-state index contributed by atoms with van der Waals surface area (Å²) in [6, 6.07) is 3.83. The molecule has 17 heavy (non-hydrogen) atoms. The summed E-state index contributed by atoms with van der Waals surface area (Å²) in [5, 5.41) is 19.0. The highest BCUT2D eigenvalue weighted by molar-refractivity contribution is 5.51. The Kier molecular flexibility index (Phi) is 4.40. The van der Waals surface area contributed by atoms with Gasteiger partial charge in [0.1, 0.15) is 0 Å². The lowest BCUT2D eigenvalue weighted by molar-refractivity contribution is 0.288. The Bertz CT molecular complexity index is 378. The average Bonchev–Trinajstić information content (AvgIpc) is 2.26. The van der Waals surface area contributed by atoms with Crippen molar-refractivity contribution in [2.45, 2.75) is 39.0 Å². The molecule has 0 unspecified atom stereocenters. The maximum absolute atomic E-state index is 10.1. The molecular weight excluding hydrogens is 216 g/mol. The molecule has 1 aromatic rings. The van der Waals surface area contributed by atoms with Gasteiger partial charge in [-0.05, 0) is 29.9 Å². The number of phenols is 1. The third-order valence-electron chi connectivity index (χ3n) is 2.79. The van der Waals surface area contributed by atoms with Crippen LogP contribution in [0.3, 0.4) is 0 Å². The summed E-state index contributed by atoms with van der Waals surface area (Å²) in [5.41, 5.74) is 1.83. The number of aliphatic hydroxyl groups is 1. The highest BCUT2D eigenvalue weighted by atomic mass is 16.5. The van der Waals surface area contributed by atoms with Gasteiger partial charge in [0.05, 0.1) is 7.11 Å². The van der Waals surface area contributed by atoms with Crippen LogP contribution >= 0.6 is 0 Å². The Labute approximate surface area is 103 Å². The Balaban J connectivity index is 3.19. The molecular formula is C14H22O3. The van der Waals surface area contributed by atoms with Crippen molar-refractivity contribution in [2.24, 2.45) is 0 Å². The van der Waals surface area contributed by atoms with Crippen LogP contribution < -0.4 is 4.74 Å². The molecule has 0 bridgehead atoms. The highest BCUT2D eigenvalue weighted by Gasteiger charge is 2.21. The Morgan fingerprint density at radius 1 is 1.24 bits per heavy atom. The molecule has 2 N–H and O–H groups in total. The van der Waals surface area contributed by atoms with E-state index in [1.807, 2.05) is 12.1 Å². The number of hydrogen-bond donors (Lipinski definition) is 2. The van der Waals surface area contributed by atoms with E-state index in [0.717, 1.165) is 24.0 Å². The Hall–Kier alpha value is -1.22. The molecule has 1 aromatic carbocycles. The first-order valence-corrected chi connectivity index (χ1v) is 5.91. The molecule has 0 aliphatic heterocycles. The van der Waals surface area contributed by atoms with Crippen LogP contribution in [0, 0.1) is 0 Å². The average molecular weight is 238 g/mol. The van der Waals surface area contributed by atoms with Crippen LogP contribution in [-0.4, -0.2) is 23.9 Å². The van der Waals surface area contributed by atoms with E-state index in [1.54, 1.807) is 7.11 Å². The molecule has 0 atom stereocenters. The van der Waals surface area contributed by atoms with Crippen LogP contribution in [0.1, 0.15) is 38.3 Å². The highest BCUT2D eigenvalue weighted by Crippen LogP contribution is 2.38.